The lowest BCUT2D eigenvalue weighted by atomic mass is 9.87. The fourth-order valence-corrected chi connectivity index (χ4v) is 3.76. The van der Waals surface area contributed by atoms with E-state index in [9.17, 15) is 8.42 Å². The molecule has 1 aromatic carbocycles. The van der Waals surface area contributed by atoms with Crippen LogP contribution in [0, 0.1) is 0 Å². The number of nitrogens with zero attached hydrogens (tertiary/aromatic N) is 1. The monoisotopic (exact) mass is 267 g/mol. The standard InChI is InChI=1S/C14H21NO2S/c1-14(2,3)12-7-6-8-13(11-12)18(16,17)15-9-4-5-10-15/h6-8,11H,4-5,9-10H2,1-3H3. The van der Waals surface area contributed by atoms with Crippen LogP contribution in [0.15, 0.2) is 29.2 Å². The van der Waals surface area contributed by atoms with Crippen molar-refractivity contribution in [3.63, 3.8) is 0 Å². The first-order valence-corrected chi connectivity index (χ1v) is 7.86. The Hall–Kier alpha value is -0.870. The maximum atomic E-state index is 12.4. The first-order chi connectivity index (χ1) is 8.32. The molecule has 0 amide bonds. The van der Waals surface area contributed by atoms with E-state index in [1.807, 2.05) is 18.2 Å². The van der Waals surface area contributed by atoms with E-state index in [1.165, 1.54) is 0 Å². The molecule has 0 atom stereocenters. The van der Waals surface area contributed by atoms with Gasteiger partial charge in [0.2, 0.25) is 10.0 Å². The Morgan fingerprint density at radius 2 is 1.72 bits per heavy atom. The highest BCUT2D eigenvalue weighted by atomic mass is 32.2. The van der Waals surface area contributed by atoms with Crippen molar-refractivity contribution in [3.8, 4) is 0 Å². The molecule has 2 rings (SSSR count). The maximum Gasteiger partial charge on any atom is 0.243 e. The molecule has 1 aliphatic rings. The Morgan fingerprint density at radius 3 is 2.28 bits per heavy atom. The molecule has 1 fully saturated rings. The summed E-state index contributed by atoms with van der Waals surface area (Å²) in [6.45, 7) is 7.59. The Kier molecular flexibility index (Phi) is 3.52. The lowest BCUT2D eigenvalue weighted by molar-refractivity contribution is 0.477. The zero-order chi connectivity index (χ0) is 13.4. The second-order valence-electron chi connectivity index (χ2n) is 5.89. The quantitative estimate of drug-likeness (QED) is 0.826. The Labute approximate surface area is 110 Å². The second-order valence-corrected chi connectivity index (χ2v) is 7.83. The largest absolute Gasteiger partial charge is 0.243 e. The van der Waals surface area contributed by atoms with Gasteiger partial charge in [-0.05, 0) is 36.0 Å². The van der Waals surface area contributed by atoms with Crippen LogP contribution in [0.4, 0.5) is 0 Å². The molecular formula is C14H21NO2S. The smallest absolute Gasteiger partial charge is 0.207 e. The Balaban J connectivity index is 2.39. The third-order valence-corrected chi connectivity index (χ3v) is 5.30. The minimum absolute atomic E-state index is 0.0312. The lowest BCUT2D eigenvalue weighted by Gasteiger charge is -2.21. The van der Waals surface area contributed by atoms with Crippen molar-refractivity contribution in [1.82, 2.24) is 4.31 Å². The predicted molar refractivity (Wildman–Crippen MR) is 73.1 cm³/mol. The molecule has 100 valence electrons. The van der Waals surface area contributed by atoms with Crippen LogP contribution in [-0.2, 0) is 15.4 Å². The van der Waals surface area contributed by atoms with Crippen molar-refractivity contribution in [1.29, 1.82) is 0 Å². The van der Waals surface area contributed by atoms with Crippen LogP contribution in [0.2, 0.25) is 0 Å². The van der Waals surface area contributed by atoms with Crippen LogP contribution in [0.3, 0.4) is 0 Å². The molecule has 0 aliphatic carbocycles. The van der Waals surface area contributed by atoms with Gasteiger partial charge in [0.25, 0.3) is 0 Å². The molecule has 1 heterocycles. The Bertz CT molecular complexity index is 523. The number of benzene rings is 1. The molecule has 1 aliphatic heterocycles. The van der Waals surface area contributed by atoms with Gasteiger partial charge in [0.15, 0.2) is 0 Å². The zero-order valence-electron chi connectivity index (χ0n) is 11.3. The molecular weight excluding hydrogens is 246 g/mol. The molecule has 0 bridgehead atoms. The van der Waals surface area contributed by atoms with Crippen molar-refractivity contribution < 1.29 is 8.42 Å². The molecule has 18 heavy (non-hydrogen) atoms. The first-order valence-electron chi connectivity index (χ1n) is 6.42. The predicted octanol–water partition coefficient (Wildman–Crippen LogP) is 2.77. The van der Waals surface area contributed by atoms with Gasteiger partial charge < -0.3 is 0 Å². The number of hydrogen-bond donors (Lipinski definition) is 0. The van der Waals surface area contributed by atoms with Crippen LogP contribution >= 0.6 is 0 Å². The highest BCUT2D eigenvalue weighted by molar-refractivity contribution is 7.89. The lowest BCUT2D eigenvalue weighted by Crippen LogP contribution is -2.28. The average molecular weight is 267 g/mol. The molecule has 0 aromatic heterocycles. The molecule has 3 nitrogen and oxygen atoms in total. The van der Waals surface area contributed by atoms with E-state index >= 15 is 0 Å². The highest BCUT2D eigenvalue weighted by Crippen LogP contribution is 2.27. The third-order valence-electron chi connectivity index (χ3n) is 3.40. The van der Waals surface area contributed by atoms with E-state index in [1.54, 1.807) is 10.4 Å². The SMILES string of the molecule is CC(C)(C)c1cccc(S(=O)(=O)N2CCCC2)c1. The molecule has 1 aromatic rings. The minimum Gasteiger partial charge on any atom is -0.207 e. The fourth-order valence-electron chi connectivity index (χ4n) is 2.20. The zero-order valence-corrected chi connectivity index (χ0v) is 12.1. The molecule has 0 saturated carbocycles. The van der Waals surface area contributed by atoms with E-state index in [4.69, 9.17) is 0 Å². The van der Waals surface area contributed by atoms with E-state index in [-0.39, 0.29) is 5.41 Å². The summed E-state index contributed by atoms with van der Waals surface area (Å²) in [7, 11) is -3.29. The van der Waals surface area contributed by atoms with Crippen LogP contribution in [0.1, 0.15) is 39.2 Å². The summed E-state index contributed by atoms with van der Waals surface area (Å²) in [6, 6.07) is 7.34. The van der Waals surface area contributed by atoms with Crippen molar-refractivity contribution in [3.05, 3.63) is 29.8 Å². The van der Waals surface area contributed by atoms with Gasteiger partial charge in [-0.25, -0.2) is 8.42 Å². The summed E-state index contributed by atoms with van der Waals surface area (Å²) in [5.74, 6) is 0. The molecule has 1 saturated heterocycles. The molecule has 0 radical (unpaired) electrons. The minimum atomic E-state index is -3.29. The van der Waals surface area contributed by atoms with Gasteiger partial charge in [0.1, 0.15) is 0 Å². The van der Waals surface area contributed by atoms with Gasteiger partial charge in [-0.3, -0.25) is 0 Å². The average Bonchev–Trinajstić information content (AvgIpc) is 2.82. The van der Waals surface area contributed by atoms with E-state index in [2.05, 4.69) is 20.8 Å². The fraction of sp³-hybridized carbons (Fsp3) is 0.571. The Morgan fingerprint density at radius 1 is 1.11 bits per heavy atom. The number of sulfonamides is 1. The van der Waals surface area contributed by atoms with E-state index < -0.39 is 10.0 Å². The van der Waals surface area contributed by atoms with Crippen molar-refractivity contribution >= 4 is 10.0 Å². The molecule has 0 spiro atoms. The van der Waals surface area contributed by atoms with Crippen LogP contribution in [0.25, 0.3) is 0 Å². The molecule has 0 unspecified atom stereocenters. The molecule has 0 N–H and O–H groups in total. The van der Waals surface area contributed by atoms with E-state index in [0.29, 0.717) is 18.0 Å². The van der Waals surface area contributed by atoms with Gasteiger partial charge in [-0.2, -0.15) is 4.31 Å². The summed E-state index contributed by atoms with van der Waals surface area (Å²) in [4.78, 5) is 0.428. The van der Waals surface area contributed by atoms with Gasteiger partial charge in [0.05, 0.1) is 4.90 Å². The third kappa shape index (κ3) is 2.59. The molecule has 4 heteroatoms. The summed E-state index contributed by atoms with van der Waals surface area (Å²) in [6.07, 6.45) is 1.94. The number of hydrogen-bond acceptors (Lipinski definition) is 2. The van der Waals surface area contributed by atoms with Gasteiger partial charge in [-0.1, -0.05) is 32.9 Å². The van der Waals surface area contributed by atoms with Crippen molar-refractivity contribution in [2.24, 2.45) is 0 Å². The van der Waals surface area contributed by atoms with Crippen LogP contribution in [0.5, 0.6) is 0 Å². The van der Waals surface area contributed by atoms with Crippen LogP contribution < -0.4 is 0 Å². The second kappa shape index (κ2) is 4.67. The maximum absolute atomic E-state index is 12.4. The van der Waals surface area contributed by atoms with Gasteiger partial charge in [0, 0.05) is 13.1 Å². The first kappa shape index (κ1) is 13.6. The van der Waals surface area contributed by atoms with Gasteiger partial charge >= 0.3 is 0 Å². The normalized spacial score (nSPS) is 18.2. The number of rotatable bonds is 2. The van der Waals surface area contributed by atoms with Crippen molar-refractivity contribution in [2.45, 2.75) is 43.9 Å². The highest BCUT2D eigenvalue weighted by Gasteiger charge is 2.28. The van der Waals surface area contributed by atoms with Crippen molar-refractivity contribution in [2.75, 3.05) is 13.1 Å². The topological polar surface area (TPSA) is 37.4 Å². The summed E-state index contributed by atoms with van der Waals surface area (Å²) in [5.41, 5.74) is 1.03. The summed E-state index contributed by atoms with van der Waals surface area (Å²) in [5, 5.41) is 0. The summed E-state index contributed by atoms with van der Waals surface area (Å²) < 4.78 is 26.5. The van der Waals surface area contributed by atoms with Gasteiger partial charge in [-0.15, -0.1) is 0 Å². The summed E-state index contributed by atoms with van der Waals surface area (Å²) >= 11 is 0. The van der Waals surface area contributed by atoms with Crippen LogP contribution in [-0.4, -0.2) is 25.8 Å². The van der Waals surface area contributed by atoms with E-state index in [0.717, 1.165) is 18.4 Å².